The molecule has 2 bridgehead atoms. The van der Waals surface area contributed by atoms with Gasteiger partial charge in [-0.05, 0) is 99.0 Å². The lowest BCUT2D eigenvalue weighted by Gasteiger charge is -2.35. The van der Waals surface area contributed by atoms with Crippen molar-refractivity contribution in [3.63, 3.8) is 0 Å². The largest absolute Gasteiger partial charge is 0.405 e. The van der Waals surface area contributed by atoms with Gasteiger partial charge in [0.05, 0.1) is 6.04 Å². The van der Waals surface area contributed by atoms with Gasteiger partial charge in [-0.25, -0.2) is 0 Å². The smallest absolute Gasteiger partial charge is 0.214 e. The molecule has 1 aromatic heterocycles. The summed E-state index contributed by atoms with van der Waals surface area (Å²) in [7, 11) is 0. The van der Waals surface area contributed by atoms with Crippen LogP contribution >= 0.6 is 0 Å². The van der Waals surface area contributed by atoms with Crippen LogP contribution in [0.5, 0.6) is 0 Å². The van der Waals surface area contributed by atoms with Gasteiger partial charge >= 0.3 is 0 Å². The fraction of sp³-hybridized carbons (Fsp3) is 0.135. The molecule has 9 rings (SSSR count). The fourth-order valence-electron chi connectivity index (χ4n) is 9.11. The highest BCUT2D eigenvalue weighted by Crippen LogP contribution is 2.48. The molecule has 2 aliphatic heterocycles. The van der Waals surface area contributed by atoms with Gasteiger partial charge in [-0.1, -0.05) is 135 Å². The average molecular weight is 713 g/mol. The van der Waals surface area contributed by atoms with E-state index < -0.39 is 0 Å². The Balaban J connectivity index is 1.09. The molecule has 0 spiro atoms. The molecule has 0 radical (unpaired) electrons. The molecular formula is C52H46N3+. The summed E-state index contributed by atoms with van der Waals surface area (Å²) in [6.45, 7) is 9.13. The standard InChI is InChI=1S/C52H46N3/c1-4-36(5-2)37-17-19-38(20-18-37)39-25-28-54-29-26-51-49-32-42(22-24-47(49)52(54)33-39)46-15-8-9-16-50(46)55(51)34-43-13-6-7-14-44(43)41-21-23-45-40(12-10-11-27-53)30-35(3)48(45)31-41/h4-31,33,35,49,51H,1,32,34,53H2,2-3H3/q+1/b12-10-,27-11-,36-5+. The molecule has 3 heteroatoms. The number of pyridine rings is 1. The lowest BCUT2D eigenvalue weighted by atomic mass is 9.79. The van der Waals surface area contributed by atoms with E-state index in [0.717, 1.165) is 18.5 Å². The van der Waals surface area contributed by atoms with Crippen LogP contribution in [0.3, 0.4) is 0 Å². The van der Waals surface area contributed by atoms with Crippen LogP contribution in [0.1, 0.15) is 59.7 Å². The third-order valence-electron chi connectivity index (χ3n) is 11.9. The van der Waals surface area contributed by atoms with Crippen LogP contribution in [0.4, 0.5) is 5.69 Å². The monoisotopic (exact) mass is 712 g/mol. The minimum atomic E-state index is 0.161. The molecule has 55 heavy (non-hydrogen) atoms. The van der Waals surface area contributed by atoms with E-state index in [9.17, 15) is 0 Å². The van der Waals surface area contributed by atoms with Crippen LogP contribution in [0, 0.1) is 5.92 Å². The summed E-state index contributed by atoms with van der Waals surface area (Å²) in [5, 5.41) is 0. The van der Waals surface area contributed by atoms with E-state index in [-0.39, 0.29) is 6.04 Å². The number of fused-ring (bicyclic) bond motifs is 6. The molecule has 4 aromatic carbocycles. The summed E-state index contributed by atoms with van der Waals surface area (Å²) in [5.74, 6) is 0.636. The number of rotatable bonds is 8. The number of nitrogens with two attached hydrogens (primary N) is 1. The molecule has 0 fully saturated rings. The third kappa shape index (κ3) is 6.16. The molecular weight excluding hydrogens is 667 g/mol. The number of hydrogen-bond acceptors (Lipinski definition) is 2. The first-order chi connectivity index (χ1) is 27.0. The Kier molecular flexibility index (Phi) is 9.00. The Morgan fingerprint density at radius 2 is 1.65 bits per heavy atom. The Morgan fingerprint density at radius 1 is 0.855 bits per heavy atom. The van der Waals surface area contributed by atoms with E-state index in [1.165, 1.54) is 78.2 Å². The fourth-order valence-corrected chi connectivity index (χ4v) is 9.11. The van der Waals surface area contributed by atoms with Gasteiger partial charge in [-0.3, -0.25) is 0 Å². The van der Waals surface area contributed by atoms with Crippen molar-refractivity contribution in [3.05, 3.63) is 210 Å². The second kappa shape index (κ2) is 14.4. The Labute approximate surface area is 325 Å². The molecule has 268 valence electrons. The molecule has 0 saturated heterocycles. The topological polar surface area (TPSA) is 33.1 Å². The zero-order chi connectivity index (χ0) is 37.5. The van der Waals surface area contributed by atoms with Gasteiger partial charge in [0.25, 0.3) is 0 Å². The number of nitrogens with zero attached hydrogens (tertiary/aromatic N) is 2. The molecule has 3 nitrogen and oxygen atoms in total. The second-order valence-corrected chi connectivity index (χ2v) is 14.9. The van der Waals surface area contributed by atoms with E-state index in [1.807, 2.05) is 18.2 Å². The summed E-state index contributed by atoms with van der Waals surface area (Å²) in [5.41, 5.74) is 24.8. The highest BCUT2D eigenvalue weighted by molar-refractivity contribution is 5.88. The van der Waals surface area contributed by atoms with Crippen molar-refractivity contribution in [1.29, 1.82) is 0 Å². The Hall–Kier alpha value is -6.45. The molecule has 3 heterocycles. The summed E-state index contributed by atoms with van der Waals surface area (Å²) < 4.78 is 2.32. The van der Waals surface area contributed by atoms with E-state index in [0.29, 0.717) is 11.8 Å². The lowest BCUT2D eigenvalue weighted by molar-refractivity contribution is -0.570. The Bertz CT molecular complexity index is 2550. The van der Waals surface area contributed by atoms with Crippen LogP contribution in [0.2, 0.25) is 0 Å². The van der Waals surface area contributed by atoms with Crippen molar-refractivity contribution in [2.75, 3.05) is 4.90 Å². The van der Waals surface area contributed by atoms with Crippen molar-refractivity contribution in [1.82, 2.24) is 0 Å². The van der Waals surface area contributed by atoms with Gasteiger partial charge in [0.15, 0.2) is 12.4 Å². The number of aromatic nitrogens is 1. The zero-order valence-corrected chi connectivity index (χ0v) is 31.6. The third-order valence-corrected chi connectivity index (χ3v) is 11.9. The van der Waals surface area contributed by atoms with Gasteiger partial charge in [-0.15, -0.1) is 0 Å². The van der Waals surface area contributed by atoms with E-state index >= 15 is 0 Å². The molecule has 3 atom stereocenters. The van der Waals surface area contributed by atoms with E-state index in [2.05, 4.69) is 182 Å². The van der Waals surface area contributed by atoms with Crippen molar-refractivity contribution < 1.29 is 4.57 Å². The summed E-state index contributed by atoms with van der Waals surface area (Å²) in [6, 6.07) is 38.7. The lowest BCUT2D eigenvalue weighted by Crippen LogP contribution is -2.38. The molecule has 2 aliphatic carbocycles. The van der Waals surface area contributed by atoms with Crippen molar-refractivity contribution >= 4 is 34.2 Å². The van der Waals surface area contributed by atoms with E-state index in [4.69, 9.17) is 5.73 Å². The maximum absolute atomic E-state index is 5.59. The summed E-state index contributed by atoms with van der Waals surface area (Å²) in [4.78, 5) is 2.67. The predicted octanol–water partition coefficient (Wildman–Crippen LogP) is 11.8. The van der Waals surface area contributed by atoms with Crippen molar-refractivity contribution in [3.8, 4) is 22.3 Å². The SMILES string of the molecule is C=C/C(=C\C)c1ccc(-c2cc[n+]3c(c2)C2=CC=C4CC2C(C=C3)N(Cc2ccccc2-c2ccc3c(c2)C(C)C=C3/C=C\C=C/N)c2ccccc24)cc1. The molecule has 0 amide bonds. The maximum Gasteiger partial charge on any atom is 0.214 e. The first-order valence-corrected chi connectivity index (χ1v) is 19.4. The molecule has 4 aliphatic rings. The Morgan fingerprint density at radius 3 is 2.47 bits per heavy atom. The van der Waals surface area contributed by atoms with Crippen LogP contribution in [-0.2, 0) is 6.54 Å². The van der Waals surface area contributed by atoms with Gasteiger partial charge in [-0.2, -0.15) is 4.57 Å². The highest BCUT2D eigenvalue weighted by atomic mass is 15.2. The molecule has 0 saturated carbocycles. The first-order valence-electron chi connectivity index (χ1n) is 19.4. The van der Waals surface area contributed by atoms with Gasteiger partial charge in [0.1, 0.15) is 0 Å². The zero-order valence-electron chi connectivity index (χ0n) is 31.6. The van der Waals surface area contributed by atoms with Crippen LogP contribution in [0.25, 0.3) is 50.7 Å². The number of hydrogen-bond donors (Lipinski definition) is 1. The van der Waals surface area contributed by atoms with E-state index in [1.54, 1.807) is 6.20 Å². The summed E-state index contributed by atoms with van der Waals surface area (Å²) >= 11 is 0. The first kappa shape index (κ1) is 34.3. The number of allylic oxidation sites excluding steroid dienone is 11. The van der Waals surface area contributed by atoms with Gasteiger partial charge in [0.2, 0.25) is 5.69 Å². The minimum Gasteiger partial charge on any atom is -0.405 e. The van der Waals surface area contributed by atoms with Gasteiger partial charge < -0.3 is 10.6 Å². The second-order valence-electron chi connectivity index (χ2n) is 14.9. The predicted molar refractivity (Wildman–Crippen MR) is 232 cm³/mol. The van der Waals surface area contributed by atoms with Crippen LogP contribution in [-0.4, -0.2) is 6.04 Å². The highest BCUT2D eigenvalue weighted by Gasteiger charge is 2.41. The molecule has 3 unspecified atom stereocenters. The average Bonchev–Trinajstić information content (AvgIpc) is 3.39. The molecule has 2 N–H and O–H groups in total. The number of benzene rings is 4. The maximum atomic E-state index is 5.59. The number of anilines is 1. The molecule has 5 aromatic rings. The normalized spacial score (nSPS) is 19.6. The quantitative estimate of drug-likeness (QED) is 0.128. The van der Waals surface area contributed by atoms with Gasteiger partial charge in [0, 0.05) is 53.4 Å². The minimum absolute atomic E-state index is 0.161. The van der Waals surface area contributed by atoms with Crippen molar-refractivity contribution in [2.24, 2.45) is 11.7 Å². The summed E-state index contributed by atoms with van der Waals surface area (Å²) in [6.07, 6.45) is 26.7. The number of para-hydroxylation sites is 1. The van der Waals surface area contributed by atoms with Crippen LogP contribution < -0.4 is 15.2 Å². The van der Waals surface area contributed by atoms with Crippen LogP contribution in [0.15, 0.2) is 177 Å². The van der Waals surface area contributed by atoms with Crippen molar-refractivity contribution in [2.45, 2.75) is 38.8 Å².